The summed E-state index contributed by atoms with van der Waals surface area (Å²) in [7, 11) is 0. The van der Waals surface area contributed by atoms with Gasteiger partial charge >= 0.3 is 0 Å². The Labute approximate surface area is 139 Å². The number of ether oxygens (including phenoxy) is 1. The molecular weight excluding hydrogens is 310 g/mol. The number of thiazole rings is 1. The lowest BCUT2D eigenvalue weighted by Gasteiger charge is -2.05. The topological polar surface area (TPSA) is 75.0 Å². The second kappa shape index (κ2) is 8.71. The lowest BCUT2D eigenvalue weighted by molar-refractivity contribution is -0.112. The molecule has 2 aromatic rings. The van der Waals surface area contributed by atoms with Crippen molar-refractivity contribution >= 4 is 28.5 Å². The zero-order chi connectivity index (χ0) is 16.5. The molecule has 0 saturated carbocycles. The number of carbonyl (C=O) groups is 1. The van der Waals surface area contributed by atoms with Crippen LogP contribution in [-0.2, 0) is 4.79 Å². The van der Waals surface area contributed by atoms with Crippen molar-refractivity contribution in [1.82, 2.24) is 4.98 Å². The van der Waals surface area contributed by atoms with E-state index in [1.165, 1.54) is 11.3 Å². The number of rotatable bonds is 7. The molecule has 2 rings (SSSR count). The highest BCUT2D eigenvalue weighted by Gasteiger charge is 2.10. The van der Waals surface area contributed by atoms with E-state index >= 15 is 0 Å². The van der Waals surface area contributed by atoms with Gasteiger partial charge in [0, 0.05) is 11.6 Å². The van der Waals surface area contributed by atoms with Crippen molar-refractivity contribution in [2.24, 2.45) is 0 Å². The summed E-state index contributed by atoms with van der Waals surface area (Å²) < 4.78 is 5.58. The van der Waals surface area contributed by atoms with Crippen LogP contribution in [-0.4, -0.2) is 17.5 Å². The van der Waals surface area contributed by atoms with E-state index in [1.807, 2.05) is 30.3 Å². The number of amides is 1. The Morgan fingerprint density at radius 2 is 2.22 bits per heavy atom. The van der Waals surface area contributed by atoms with Crippen LogP contribution in [0.15, 0.2) is 41.4 Å². The van der Waals surface area contributed by atoms with Crippen LogP contribution in [0.25, 0.3) is 6.08 Å². The maximum absolute atomic E-state index is 12.0. The molecule has 0 atom stereocenters. The van der Waals surface area contributed by atoms with Crippen molar-refractivity contribution in [3.63, 3.8) is 0 Å². The van der Waals surface area contributed by atoms with E-state index in [0.29, 0.717) is 11.7 Å². The van der Waals surface area contributed by atoms with Gasteiger partial charge in [0.2, 0.25) is 0 Å². The Hall–Kier alpha value is -2.65. The van der Waals surface area contributed by atoms with Crippen molar-refractivity contribution < 1.29 is 9.53 Å². The number of carbonyl (C=O) groups excluding carboxylic acids is 1. The largest absolute Gasteiger partial charge is 0.494 e. The predicted octanol–water partition coefficient (Wildman–Crippen LogP) is 3.87. The summed E-state index contributed by atoms with van der Waals surface area (Å²) in [6.45, 7) is 2.79. The fraction of sp³-hybridized carbons (Fsp3) is 0.235. The Bertz CT molecular complexity index is 700. The van der Waals surface area contributed by atoms with Gasteiger partial charge in [-0.15, -0.1) is 11.3 Å². The summed E-state index contributed by atoms with van der Waals surface area (Å²) in [4.78, 5) is 16.0. The third-order valence-electron chi connectivity index (χ3n) is 2.98. The molecule has 6 heteroatoms. The fourth-order valence-electron chi connectivity index (χ4n) is 1.76. The standard InChI is InChI=1S/C17H17N3O2S/c1-2-3-9-22-15-6-4-13(5-7-15)11-14(12-18)16(21)20-17-19-8-10-23-17/h4-8,10-11H,2-3,9H2,1H3,(H,19,20,21)/b14-11+. The van der Waals surface area contributed by atoms with Gasteiger partial charge in [-0.25, -0.2) is 4.98 Å². The number of hydrogen-bond acceptors (Lipinski definition) is 5. The van der Waals surface area contributed by atoms with Crippen LogP contribution >= 0.6 is 11.3 Å². The smallest absolute Gasteiger partial charge is 0.268 e. The highest BCUT2D eigenvalue weighted by molar-refractivity contribution is 7.13. The van der Waals surface area contributed by atoms with Crippen LogP contribution in [0.4, 0.5) is 5.13 Å². The van der Waals surface area contributed by atoms with E-state index in [9.17, 15) is 4.79 Å². The first kappa shape index (κ1) is 16.7. The van der Waals surface area contributed by atoms with Crippen LogP contribution in [0.1, 0.15) is 25.3 Å². The molecular formula is C17H17N3O2S. The number of hydrogen-bond donors (Lipinski definition) is 1. The first-order valence-electron chi connectivity index (χ1n) is 7.28. The van der Waals surface area contributed by atoms with E-state index in [4.69, 9.17) is 10.00 Å². The normalized spacial score (nSPS) is 10.9. The van der Waals surface area contributed by atoms with Gasteiger partial charge in [0.25, 0.3) is 5.91 Å². The number of benzene rings is 1. The summed E-state index contributed by atoms with van der Waals surface area (Å²) in [5.41, 5.74) is 0.790. The second-order valence-corrected chi connectivity index (χ2v) is 5.63. The second-order valence-electron chi connectivity index (χ2n) is 4.73. The fourth-order valence-corrected chi connectivity index (χ4v) is 2.28. The molecule has 23 heavy (non-hydrogen) atoms. The molecule has 1 heterocycles. The number of unbranched alkanes of at least 4 members (excludes halogenated alkanes) is 1. The van der Waals surface area contributed by atoms with Crippen LogP contribution in [0.2, 0.25) is 0 Å². The van der Waals surface area contributed by atoms with Crippen LogP contribution in [0, 0.1) is 11.3 Å². The third-order valence-corrected chi connectivity index (χ3v) is 3.66. The summed E-state index contributed by atoms with van der Waals surface area (Å²) in [5, 5.41) is 14.0. The van der Waals surface area contributed by atoms with Crippen molar-refractivity contribution in [2.75, 3.05) is 11.9 Å². The minimum atomic E-state index is -0.467. The molecule has 1 aromatic carbocycles. The molecule has 0 aliphatic heterocycles. The van der Waals surface area contributed by atoms with Crippen molar-refractivity contribution in [3.05, 3.63) is 47.0 Å². The molecule has 0 fully saturated rings. The van der Waals surface area contributed by atoms with Gasteiger partial charge in [0.1, 0.15) is 17.4 Å². The van der Waals surface area contributed by atoms with Crippen LogP contribution in [0.5, 0.6) is 5.75 Å². The highest BCUT2D eigenvalue weighted by Crippen LogP contribution is 2.16. The van der Waals surface area contributed by atoms with E-state index in [1.54, 1.807) is 17.7 Å². The van der Waals surface area contributed by atoms with E-state index in [-0.39, 0.29) is 5.57 Å². The van der Waals surface area contributed by atoms with Gasteiger partial charge in [-0.3, -0.25) is 10.1 Å². The SMILES string of the molecule is CCCCOc1ccc(/C=C(\C#N)C(=O)Nc2nccs2)cc1. The molecule has 118 valence electrons. The molecule has 0 radical (unpaired) electrons. The summed E-state index contributed by atoms with van der Waals surface area (Å²) in [6, 6.07) is 9.20. The Morgan fingerprint density at radius 1 is 1.43 bits per heavy atom. The first-order valence-corrected chi connectivity index (χ1v) is 8.16. The molecule has 0 unspecified atom stereocenters. The van der Waals surface area contributed by atoms with Gasteiger partial charge in [-0.2, -0.15) is 5.26 Å². The van der Waals surface area contributed by atoms with Crippen LogP contribution in [0.3, 0.4) is 0 Å². The highest BCUT2D eigenvalue weighted by atomic mass is 32.1. The average Bonchev–Trinajstić information content (AvgIpc) is 3.07. The Kier molecular flexibility index (Phi) is 6.33. The molecule has 0 saturated heterocycles. The number of anilines is 1. The van der Waals surface area contributed by atoms with Gasteiger partial charge in [-0.05, 0) is 30.2 Å². The molecule has 5 nitrogen and oxygen atoms in total. The number of nitrogens with zero attached hydrogens (tertiary/aromatic N) is 2. The number of aromatic nitrogens is 1. The van der Waals surface area contributed by atoms with E-state index in [0.717, 1.165) is 24.2 Å². The van der Waals surface area contributed by atoms with Crippen LogP contribution < -0.4 is 10.1 Å². The van der Waals surface area contributed by atoms with E-state index in [2.05, 4.69) is 17.2 Å². The predicted molar refractivity (Wildman–Crippen MR) is 91.2 cm³/mol. The lowest BCUT2D eigenvalue weighted by atomic mass is 10.1. The number of nitriles is 1. The molecule has 1 amide bonds. The first-order chi connectivity index (χ1) is 11.2. The molecule has 0 aliphatic carbocycles. The Morgan fingerprint density at radius 3 is 2.83 bits per heavy atom. The maximum Gasteiger partial charge on any atom is 0.268 e. The maximum atomic E-state index is 12.0. The van der Waals surface area contributed by atoms with Gasteiger partial charge in [-0.1, -0.05) is 25.5 Å². The zero-order valence-electron chi connectivity index (χ0n) is 12.8. The number of nitrogens with one attached hydrogen (secondary N) is 1. The molecule has 1 N–H and O–H groups in total. The van der Waals surface area contributed by atoms with Gasteiger partial charge in [0.15, 0.2) is 5.13 Å². The minimum Gasteiger partial charge on any atom is -0.494 e. The van der Waals surface area contributed by atoms with Gasteiger partial charge in [0.05, 0.1) is 6.61 Å². The molecule has 1 aromatic heterocycles. The third kappa shape index (κ3) is 5.24. The minimum absolute atomic E-state index is 0.0276. The zero-order valence-corrected chi connectivity index (χ0v) is 13.6. The summed E-state index contributed by atoms with van der Waals surface area (Å²) in [5.74, 6) is 0.312. The van der Waals surface area contributed by atoms with E-state index < -0.39 is 5.91 Å². The lowest BCUT2D eigenvalue weighted by Crippen LogP contribution is -2.13. The van der Waals surface area contributed by atoms with Crippen molar-refractivity contribution in [3.8, 4) is 11.8 Å². The van der Waals surface area contributed by atoms with Crippen molar-refractivity contribution in [2.45, 2.75) is 19.8 Å². The van der Waals surface area contributed by atoms with Crippen molar-refractivity contribution in [1.29, 1.82) is 5.26 Å². The summed E-state index contributed by atoms with van der Waals surface area (Å²) >= 11 is 1.30. The molecule has 0 aliphatic rings. The molecule has 0 spiro atoms. The monoisotopic (exact) mass is 327 g/mol. The summed E-state index contributed by atoms with van der Waals surface area (Å²) in [6.07, 6.45) is 5.23. The Balaban J connectivity index is 2.02. The quantitative estimate of drug-likeness (QED) is 0.476. The van der Waals surface area contributed by atoms with Gasteiger partial charge < -0.3 is 4.74 Å². The molecule has 0 bridgehead atoms. The average molecular weight is 327 g/mol.